The molecular weight excluding hydrogens is 294 g/mol. The normalized spacial score (nSPS) is 10.5. The van der Waals surface area contributed by atoms with Crippen LogP contribution < -0.4 is 9.47 Å². The quantitative estimate of drug-likeness (QED) is 0.903. The number of halogens is 1. The minimum atomic E-state index is -1.12. The monoisotopic (exact) mass is 307 g/mol. The first kappa shape index (κ1) is 15.1. The van der Waals surface area contributed by atoms with E-state index < -0.39 is 5.97 Å². The summed E-state index contributed by atoms with van der Waals surface area (Å²) in [6.07, 6.45) is 1.53. The van der Waals surface area contributed by atoms with Crippen molar-refractivity contribution in [1.29, 1.82) is 0 Å². The van der Waals surface area contributed by atoms with E-state index in [-0.39, 0.29) is 22.6 Å². The Balaban J connectivity index is 2.30. The summed E-state index contributed by atoms with van der Waals surface area (Å²) in [6, 6.07) is 7.85. The van der Waals surface area contributed by atoms with Gasteiger partial charge >= 0.3 is 5.97 Å². The lowest BCUT2D eigenvalue weighted by Crippen LogP contribution is -2.07. The van der Waals surface area contributed by atoms with Gasteiger partial charge in [-0.25, -0.2) is 9.78 Å². The molecule has 0 aliphatic rings. The number of pyridine rings is 1. The molecule has 0 bridgehead atoms. The largest absolute Gasteiger partial charge is 0.485 e. The van der Waals surface area contributed by atoms with Crippen LogP contribution in [0.25, 0.3) is 0 Å². The summed E-state index contributed by atoms with van der Waals surface area (Å²) in [7, 11) is 0. The number of carboxylic acid groups (broad SMARTS) is 1. The van der Waals surface area contributed by atoms with E-state index in [2.05, 4.69) is 4.98 Å². The van der Waals surface area contributed by atoms with Crippen molar-refractivity contribution in [3.8, 4) is 17.4 Å². The van der Waals surface area contributed by atoms with Gasteiger partial charge in [0, 0.05) is 6.20 Å². The van der Waals surface area contributed by atoms with Gasteiger partial charge in [0.2, 0.25) is 0 Å². The molecule has 0 amide bonds. The third-order valence-corrected chi connectivity index (χ3v) is 2.81. The van der Waals surface area contributed by atoms with Crippen LogP contribution in [0, 0.1) is 0 Å². The van der Waals surface area contributed by atoms with E-state index in [1.54, 1.807) is 24.4 Å². The summed E-state index contributed by atoms with van der Waals surface area (Å²) < 4.78 is 11.2. The van der Waals surface area contributed by atoms with Gasteiger partial charge in [-0.3, -0.25) is 0 Å². The molecule has 6 heteroatoms. The minimum Gasteiger partial charge on any atom is -0.485 e. The summed E-state index contributed by atoms with van der Waals surface area (Å²) in [4.78, 5) is 15.2. The average molecular weight is 308 g/mol. The minimum absolute atomic E-state index is 0.0311. The number of ether oxygens (including phenoxy) is 2. The highest BCUT2D eigenvalue weighted by molar-refractivity contribution is 6.33. The van der Waals surface area contributed by atoms with Crippen molar-refractivity contribution >= 4 is 17.6 Å². The zero-order chi connectivity index (χ0) is 15.4. The zero-order valence-electron chi connectivity index (χ0n) is 11.5. The molecule has 1 heterocycles. The second-order valence-corrected chi connectivity index (χ2v) is 4.93. The number of benzene rings is 1. The predicted molar refractivity (Wildman–Crippen MR) is 78.5 cm³/mol. The molecule has 0 spiro atoms. The molecule has 110 valence electrons. The van der Waals surface area contributed by atoms with Crippen LogP contribution in [-0.4, -0.2) is 22.2 Å². The Kier molecular flexibility index (Phi) is 4.65. The van der Waals surface area contributed by atoms with Crippen LogP contribution >= 0.6 is 11.6 Å². The zero-order valence-corrected chi connectivity index (χ0v) is 12.3. The Hall–Kier alpha value is -2.27. The van der Waals surface area contributed by atoms with Crippen LogP contribution in [0.2, 0.25) is 5.02 Å². The molecule has 0 fully saturated rings. The van der Waals surface area contributed by atoms with Crippen LogP contribution in [0.1, 0.15) is 24.2 Å². The first-order valence-electron chi connectivity index (χ1n) is 6.29. The van der Waals surface area contributed by atoms with Crippen LogP contribution in [0.5, 0.6) is 17.4 Å². The van der Waals surface area contributed by atoms with Crippen molar-refractivity contribution < 1.29 is 19.4 Å². The number of nitrogens with zero attached hydrogens (tertiary/aromatic N) is 1. The van der Waals surface area contributed by atoms with E-state index in [1.807, 2.05) is 13.8 Å². The van der Waals surface area contributed by atoms with E-state index in [0.717, 1.165) is 0 Å². The molecule has 1 aromatic heterocycles. The second kappa shape index (κ2) is 6.45. The highest BCUT2D eigenvalue weighted by Gasteiger charge is 2.13. The first-order valence-corrected chi connectivity index (χ1v) is 6.67. The Morgan fingerprint density at radius 2 is 2.10 bits per heavy atom. The fourth-order valence-electron chi connectivity index (χ4n) is 1.64. The maximum Gasteiger partial charge on any atom is 0.337 e. The molecule has 0 saturated heterocycles. The molecule has 0 atom stereocenters. The lowest BCUT2D eigenvalue weighted by molar-refractivity contribution is 0.0696. The molecule has 1 N–H and O–H groups in total. The van der Waals surface area contributed by atoms with Crippen LogP contribution in [0.3, 0.4) is 0 Å². The topological polar surface area (TPSA) is 68.7 Å². The maximum absolute atomic E-state index is 11.1. The van der Waals surface area contributed by atoms with Gasteiger partial charge in [0.15, 0.2) is 5.75 Å². The molecule has 0 aliphatic carbocycles. The van der Waals surface area contributed by atoms with Crippen LogP contribution in [0.15, 0.2) is 36.5 Å². The van der Waals surface area contributed by atoms with E-state index in [9.17, 15) is 4.79 Å². The lowest BCUT2D eigenvalue weighted by atomic mass is 10.2. The number of aromatic carboxylic acids is 1. The number of carbonyl (C=O) groups is 1. The lowest BCUT2D eigenvalue weighted by Gasteiger charge is -2.13. The molecule has 21 heavy (non-hydrogen) atoms. The van der Waals surface area contributed by atoms with Crippen molar-refractivity contribution in [2.24, 2.45) is 0 Å². The van der Waals surface area contributed by atoms with Gasteiger partial charge in [0.25, 0.3) is 5.88 Å². The first-order chi connectivity index (χ1) is 9.97. The highest BCUT2D eigenvalue weighted by atomic mass is 35.5. The maximum atomic E-state index is 11.1. The summed E-state index contributed by atoms with van der Waals surface area (Å²) in [5.41, 5.74) is -0.0311. The number of aromatic nitrogens is 1. The third kappa shape index (κ3) is 3.86. The Morgan fingerprint density at radius 3 is 2.76 bits per heavy atom. The molecule has 0 aliphatic heterocycles. The van der Waals surface area contributed by atoms with E-state index in [0.29, 0.717) is 11.5 Å². The van der Waals surface area contributed by atoms with E-state index in [1.165, 1.54) is 12.1 Å². The van der Waals surface area contributed by atoms with Gasteiger partial charge in [0.05, 0.1) is 16.7 Å². The molecular formula is C15H14ClNO4. The Labute approximate surface area is 127 Å². The molecule has 2 aromatic rings. The van der Waals surface area contributed by atoms with Crippen molar-refractivity contribution in [3.63, 3.8) is 0 Å². The van der Waals surface area contributed by atoms with Crippen LogP contribution in [-0.2, 0) is 0 Å². The summed E-state index contributed by atoms with van der Waals surface area (Å²) in [5.74, 6) is -0.0431. The Bertz CT molecular complexity index is 658. The second-order valence-electron chi connectivity index (χ2n) is 4.52. The van der Waals surface area contributed by atoms with Crippen LogP contribution in [0.4, 0.5) is 0 Å². The molecule has 1 aromatic carbocycles. The predicted octanol–water partition coefficient (Wildman–Crippen LogP) is 4.01. The SMILES string of the molecule is CC(C)Oc1cccnc1Oc1ccc(Cl)c(C(=O)O)c1. The van der Waals surface area contributed by atoms with Gasteiger partial charge in [0.1, 0.15) is 5.75 Å². The Morgan fingerprint density at radius 1 is 1.33 bits per heavy atom. The number of hydrogen-bond acceptors (Lipinski definition) is 4. The smallest absolute Gasteiger partial charge is 0.337 e. The average Bonchev–Trinajstić information content (AvgIpc) is 2.42. The fraction of sp³-hybridized carbons (Fsp3) is 0.200. The number of rotatable bonds is 5. The van der Waals surface area contributed by atoms with Gasteiger partial charge < -0.3 is 14.6 Å². The number of hydrogen-bond donors (Lipinski definition) is 1. The van der Waals surface area contributed by atoms with Gasteiger partial charge in [-0.15, -0.1) is 0 Å². The standard InChI is InChI=1S/C15H14ClNO4/c1-9(2)20-13-4-3-7-17-14(13)21-10-5-6-12(16)11(8-10)15(18)19/h3-9H,1-2H3,(H,18,19). The van der Waals surface area contributed by atoms with Gasteiger partial charge in [-0.1, -0.05) is 11.6 Å². The third-order valence-electron chi connectivity index (χ3n) is 2.48. The van der Waals surface area contributed by atoms with Crippen molar-refractivity contribution in [2.45, 2.75) is 20.0 Å². The molecule has 0 unspecified atom stereocenters. The van der Waals surface area contributed by atoms with Crippen molar-refractivity contribution in [1.82, 2.24) is 4.98 Å². The fourth-order valence-corrected chi connectivity index (χ4v) is 1.84. The molecule has 5 nitrogen and oxygen atoms in total. The van der Waals surface area contributed by atoms with E-state index >= 15 is 0 Å². The van der Waals surface area contributed by atoms with Gasteiger partial charge in [-0.05, 0) is 44.2 Å². The summed E-state index contributed by atoms with van der Waals surface area (Å²) >= 11 is 5.82. The van der Waals surface area contributed by atoms with Gasteiger partial charge in [-0.2, -0.15) is 0 Å². The summed E-state index contributed by atoms with van der Waals surface area (Å²) in [5, 5.41) is 9.20. The number of carboxylic acids is 1. The van der Waals surface area contributed by atoms with Crippen molar-refractivity contribution in [2.75, 3.05) is 0 Å². The molecule has 0 saturated carbocycles. The highest BCUT2D eigenvalue weighted by Crippen LogP contribution is 2.31. The molecule has 2 rings (SSSR count). The van der Waals surface area contributed by atoms with Crippen molar-refractivity contribution in [3.05, 3.63) is 47.1 Å². The molecule has 0 radical (unpaired) electrons. The summed E-state index contributed by atoms with van der Waals surface area (Å²) in [6.45, 7) is 3.78. The van der Waals surface area contributed by atoms with E-state index in [4.69, 9.17) is 26.2 Å².